The molecule has 10 heteroatoms. The minimum Gasteiger partial charge on any atom is -0.543 e. The minimum absolute atomic E-state index is 0. The number of hydrogen-bond donors (Lipinski definition) is 0. The smallest absolute Gasteiger partial charge is 0.543 e. The average Bonchev–Trinajstić information content (AvgIpc) is 2.64. The molecule has 1 aliphatic carbocycles. The summed E-state index contributed by atoms with van der Waals surface area (Å²) in [5.74, 6) is 0. The van der Waals surface area contributed by atoms with E-state index in [0.29, 0.717) is 12.8 Å². The Labute approximate surface area is 191 Å². The van der Waals surface area contributed by atoms with Crippen molar-refractivity contribution in [3.8, 4) is 0 Å². The molecule has 0 amide bonds. The molecule has 1 saturated carbocycles. The molecule has 2 aromatic rings. The van der Waals surface area contributed by atoms with E-state index in [1.54, 1.807) is 36.4 Å². The van der Waals surface area contributed by atoms with Crippen molar-refractivity contribution in [3.63, 3.8) is 0 Å². The first-order valence-corrected chi connectivity index (χ1v) is 11.3. The van der Waals surface area contributed by atoms with Crippen molar-refractivity contribution in [2.45, 2.75) is 47.6 Å². The van der Waals surface area contributed by atoms with Crippen molar-refractivity contribution < 1.29 is 54.6 Å². The Hall–Kier alpha value is -0.545. The van der Waals surface area contributed by atoms with E-state index in [1.807, 2.05) is 0 Å². The summed E-state index contributed by atoms with van der Waals surface area (Å²) in [4.78, 5) is 0.213. The molecule has 1 fully saturated rings. The molecule has 6 nitrogen and oxygen atoms in total. The maximum Gasteiger partial charge on any atom is 1.00 e. The van der Waals surface area contributed by atoms with Crippen molar-refractivity contribution in [2.75, 3.05) is 0 Å². The topological polar surface area (TPSA) is 96.5 Å². The first-order valence-electron chi connectivity index (χ1n) is 8.43. The number of hydrogen-bond acceptors (Lipinski definition) is 4. The molecule has 0 spiro atoms. The molecule has 140 valence electrons. The summed E-state index contributed by atoms with van der Waals surface area (Å²) in [6.07, 6.45) is 2.61. The van der Waals surface area contributed by atoms with Gasteiger partial charge in [0, 0.05) is 9.79 Å². The average molecular weight is 406 g/mol. The van der Waals surface area contributed by atoms with Gasteiger partial charge in [0.05, 0.1) is 0 Å². The van der Waals surface area contributed by atoms with Crippen molar-refractivity contribution in [3.05, 3.63) is 70.1 Å². The third-order valence-electron chi connectivity index (χ3n) is 4.32. The third kappa shape index (κ3) is 6.48. The van der Waals surface area contributed by atoms with Crippen LogP contribution in [0.5, 0.6) is 0 Å². The second-order valence-electron chi connectivity index (χ2n) is 6.21. The monoisotopic (exact) mass is 406 g/mol. The van der Waals surface area contributed by atoms with E-state index in [-0.39, 0.29) is 47.5 Å². The van der Waals surface area contributed by atoms with Crippen LogP contribution in [0, 0.1) is 0 Å². The Morgan fingerprint density at radius 1 is 0.607 bits per heavy atom. The standard InChI is InChI=1S/C18H20N2O4S2.2Li/c21-25(22,15-9-3-1-4-10-15)19-17-13-7-8-14-18(17)20-26(23,24)16-11-5-2-6-12-16;;/h1-6,9-12,17-18H,7-8,13-14H2;;/q-2;2*+1/t17-,18-;;/m1../s1. The largest absolute Gasteiger partial charge is 1.00 e. The summed E-state index contributed by atoms with van der Waals surface area (Å²) < 4.78 is 58.1. The molecule has 0 bridgehead atoms. The SMILES string of the molecule is O=S(=O)([N-][C@@H]1CCCC[C@H]1[N-]S(=O)(=O)c1ccccc1)c1ccccc1.[Li+].[Li+]. The predicted molar refractivity (Wildman–Crippen MR) is 100 cm³/mol. The fourth-order valence-electron chi connectivity index (χ4n) is 3.00. The van der Waals surface area contributed by atoms with Crippen molar-refractivity contribution in [2.24, 2.45) is 0 Å². The molecule has 2 aromatic carbocycles. The molecule has 0 N–H and O–H groups in total. The molecule has 0 radical (unpaired) electrons. The number of rotatable bonds is 6. The van der Waals surface area contributed by atoms with Gasteiger partial charge in [-0.2, -0.15) is 0 Å². The van der Waals surface area contributed by atoms with Crippen LogP contribution in [0.4, 0.5) is 0 Å². The minimum atomic E-state index is -3.84. The fraction of sp³-hybridized carbons (Fsp3) is 0.333. The van der Waals surface area contributed by atoms with E-state index in [4.69, 9.17) is 0 Å². The van der Waals surface area contributed by atoms with Crippen LogP contribution in [0.3, 0.4) is 0 Å². The molecule has 1 aliphatic rings. The molecule has 3 rings (SSSR count). The zero-order chi connectivity index (χ0) is 18.6. The molecule has 0 aromatic heterocycles. The summed E-state index contributed by atoms with van der Waals surface area (Å²) in [6, 6.07) is 14.6. The molecule has 0 unspecified atom stereocenters. The van der Waals surface area contributed by atoms with Gasteiger partial charge in [-0.15, -0.1) is 12.1 Å². The maximum absolute atomic E-state index is 12.5. The second-order valence-corrected chi connectivity index (χ2v) is 9.47. The van der Waals surface area contributed by atoms with Crippen LogP contribution in [-0.4, -0.2) is 28.9 Å². The number of nitrogens with zero attached hydrogens (tertiary/aromatic N) is 2. The Morgan fingerprint density at radius 2 is 0.929 bits per heavy atom. The van der Waals surface area contributed by atoms with E-state index in [0.717, 1.165) is 12.8 Å². The van der Waals surface area contributed by atoms with Crippen molar-refractivity contribution >= 4 is 20.0 Å². The summed E-state index contributed by atoms with van der Waals surface area (Å²) in [7, 11) is -7.69. The summed E-state index contributed by atoms with van der Waals surface area (Å²) >= 11 is 0. The first kappa shape index (κ1) is 25.5. The van der Waals surface area contributed by atoms with Gasteiger partial charge in [-0.05, 0) is 24.3 Å². The van der Waals surface area contributed by atoms with Crippen LogP contribution in [0.25, 0.3) is 9.44 Å². The number of benzene rings is 2. The van der Waals surface area contributed by atoms with Gasteiger partial charge in [0.1, 0.15) is 20.0 Å². The van der Waals surface area contributed by atoms with E-state index in [2.05, 4.69) is 9.44 Å². The van der Waals surface area contributed by atoms with Crippen molar-refractivity contribution in [1.82, 2.24) is 0 Å². The summed E-state index contributed by atoms with van der Waals surface area (Å²) in [5, 5.41) is 0. The van der Waals surface area contributed by atoms with Crippen LogP contribution in [-0.2, 0) is 20.0 Å². The van der Waals surface area contributed by atoms with Gasteiger partial charge in [0.2, 0.25) is 0 Å². The second kappa shape index (κ2) is 11.0. The molecule has 0 heterocycles. The van der Waals surface area contributed by atoms with Gasteiger partial charge in [-0.1, -0.05) is 62.1 Å². The quantitative estimate of drug-likeness (QED) is 0.510. The van der Waals surface area contributed by atoms with Crippen LogP contribution < -0.4 is 37.7 Å². The van der Waals surface area contributed by atoms with Gasteiger partial charge >= 0.3 is 37.7 Å². The molecule has 0 saturated heterocycles. The van der Waals surface area contributed by atoms with Gasteiger partial charge in [0.25, 0.3) is 0 Å². The predicted octanol–water partition coefficient (Wildman–Crippen LogP) is -2.17. The maximum atomic E-state index is 12.5. The van der Waals surface area contributed by atoms with E-state index >= 15 is 0 Å². The van der Waals surface area contributed by atoms with E-state index in [1.165, 1.54) is 24.3 Å². The molecule has 2 atom stereocenters. The fourth-order valence-corrected chi connectivity index (χ4v) is 5.45. The molecule has 28 heavy (non-hydrogen) atoms. The first-order chi connectivity index (χ1) is 12.4. The van der Waals surface area contributed by atoms with Gasteiger partial charge < -0.3 is 9.44 Å². The van der Waals surface area contributed by atoms with Crippen molar-refractivity contribution in [1.29, 1.82) is 0 Å². The molecule has 0 aliphatic heterocycles. The Balaban J connectivity index is 0.00000196. The number of sulfonamides is 2. The summed E-state index contributed by atoms with van der Waals surface area (Å²) in [6.45, 7) is 0. The Kier molecular flexibility index (Phi) is 10.0. The van der Waals surface area contributed by atoms with Crippen LogP contribution >= 0.6 is 0 Å². The zero-order valence-electron chi connectivity index (χ0n) is 16.1. The van der Waals surface area contributed by atoms with Crippen LogP contribution in [0.1, 0.15) is 25.7 Å². The zero-order valence-corrected chi connectivity index (χ0v) is 17.7. The third-order valence-corrected chi connectivity index (χ3v) is 7.16. The van der Waals surface area contributed by atoms with Gasteiger partial charge in [-0.3, -0.25) is 0 Å². The molecular weight excluding hydrogens is 386 g/mol. The normalized spacial score (nSPS) is 19.9. The summed E-state index contributed by atoms with van der Waals surface area (Å²) in [5.41, 5.74) is 0. The van der Waals surface area contributed by atoms with Crippen LogP contribution in [0.15, 0.2) is 70.5 Å². The van der Waals surface area contributed by atoms with Gasteiger partial charge in [0.15, 0.2) is 0 Å². The van der Waals surface area contributed by atoms with Gasteiger partial charge in [-0.25, -0.2) is 16.8 Å². The Morgan fingerprint density at radius 3 is 1.25 bits per heavy atom. The Bertz CT molecular complexity index is 861. The molecular formula is C18H20Li2N2O4S2. The van der Waals surface area contributed by atoms with Crippen LogP contribution in [0.2, 0.25) is 0 Å². The van der Waals surface area contributed by atoms with E-state index in [9.17, 15) is 16.8 Å². The van der Waals surface area contributed by atoms with E-state index < -0.39 is 32.1 Å².